The van der Waals surface area contributed by atoms with Gasteiger partial charge in [0.15, 0.2) is 0 Å². The molecule has 0 aliphatic carbocycles. The summed E-state index contributed by atoms with van der Waals surface area (Å²) in [6, 6.07) is 8.62. The van der Waals surface area contributed by atoms with Crippen molar-refractivity contribution >= 4 is 34.6 Å². The Bertz CT molecular complexity index is 989. The number of halogens is 1. The van der Waals surface area contributed by atoms with Crippen LogP contribution < -0.4 is 5.32 Å². The molecule has 0 bridgehead atoms. The number of esters is 1. The predicted octanol–water partition coefficient (Wildman–Crippen LogP) is 4.13. The van der Waals surface area contributed by atoms with Crippen molar-refractivity contribution in [2.75, 3.05) is 11.9 Å². The molecule has 0 saturated heterocycles. The highest BCUT2D eigenvalue weighted by Gasteiger charge is 2.36. The van der Waals surface area contributed by atoms with E-state index in [1.54, 1.807) is 25.3 Å². The number of ether oxygens (including phenoxy) is 1. The van der Waals surface area contributed by atoms with Gasteiger partial charge in [0.05, 0.1) is 29.5 Å². The van der Waals surface area contributed by atoms with Crippen LogP contribution >= 0.6 is 11.6 Å². The maximum absolute atomic E-state index is 12.6. The molecule has 25 heavy (non-hydrogen) atoms. The zero-order chi connectivity index (χ0) is 17.6. The molecule has 0 saturated carbocycles. The Kier molecular flexibility index (Phi) is 3.77. The number of furan rings is 1. The molecule has 7 heteroatoms. The van der Waals surface area contributed by atoms with Crippen LogP contribution in [0.2, 0.25) is 5.02 Å². The zero-order valence-corrected chi connectivity index (χ0v) is 14.5. The Morgan fingerprint density at radius 3 is 3.00 bits per heavy atom. The van der Waals surface area contributed by atoms with E-state index in [0.29, 0.717) is 34.6 Å². The van der Waals surface area contributed by atoms with Crippen LogP contribution in [0.25, 0.3) is 11.0 Å². The quantitative estimate of drug-likeness (QED) is 0.713. The summed E-state index contributed by atoms with van der Waals surface area (Å²) in [5, 5.41) is 3.79. The van der Waals surface area contributed by atoms with Gasteiger partial charge in [-0.3, -0.25) is 4.57 Å². The van der Waals surface area contributed by atoms with Gasteiger partial charge in [-0.15, -0.1) is 0 Å². The Morgan fingerprint density at radius 2 is 2.28 bits per heavy atom. The number of fused-ring (bicyclic) bond motifs is 3. The number of allylic oxidation sites excluding steroid dienone is 1. The minimum atomic E-state index is -0.478. The molecule has 0 radical (unpaired) electrons. The standard InChI is InChI=1S/C18H16ClN3O3/c1-3-24-17(23)15-10(2)20-18-21-12-7-6-11(19)9-13(12)22(18)16(15)14-5-4-8-25-14/h4-9,16H,3H2,1-2H3,(H,20,21). The number of nitrogens with one attached hydrogen (secondary N) is 1. The van der Waals surface area contributed by atoms with Crippen molar-refractivity contribution in [2.24, 2.45) is 0 Å². The highest BCUT2D eigenvalue weighted by molar-refractivity contribution is 6.31. The predicted molar refractivity (Wildman–Crippen MR) is 94.5 cm³/mol. The summed E-state index contributed by atoms with van der Waals surface area (Å²) in [5.41, 5.74) is 2.77. The van der Waals surface area contributed by atoms with Crippen LogP contribution in [0.15, 0.2) is 52.3 Å². The summed E-state index contributed by atoms with van der Waals surface area (Å²) in [6.07, 6.45) is 1.58. The van der Waals surface area contributed by atoms with Gasteiger partial charge in [-0.1, -0.05) is 11.6 Å². The van der Waals surface area contributed by atoms with E-state index < -0.39 is 6.04 Å². The van der Waals surface area contributed by atoms with Gasteiger partial charge in [0, 0.05) is 10.7 Å². The summed E-state index contributed by atoms with van der Waals surface area (Å²) in [5.74, 6) is 0.872. The lowest BCUT2D eigenvalue weighted by molar-refractivity contribution is -0.139. The number of rotatable bonds is 3. The molecule has 3 aromatic rings. The lowest BCUT2D eigenvalue weighted by Gasteiger charge is -2.28. The van der Waals surface area contributed by atoms with Crippen LogP contribution in [0.3, 0.4) is 0 Å². The zero-order valence-electron chi connectivity index (χ0n) is 13.7. The third kappa shape index (κ3) is 2.49. The summed E-state index contributed by atoms with van der Waals surface area (Å²) in [7, 11) is 0. The van der Waals surface area contributed by atoms with Crippen LogP contribution in [0, 0.1) is 0 Å². The Balaban J connectivity index is 1.98. The Hall–Kier alpha value is -2.73. The van der Waals surface area contributed by atoms with Gasteiger partial charge in [0.1, 0.15) is 11.8 Å². The van der Waals surface area contributed by atoms with E-state index in [-0.39, 0.29) is 5.97 Å². The van der Waals surface area contributed by atoms with E-state index in [1.165, 1.54) is 0 Å². The largest absolute Gasteiger partial charge is 0.467 e. The van der Waals surface area contributed by atoms with Gasteiger partial charge in [-0.25, -0.2) is 9.78 Å². The Labute approximate surface area is 149 Å². The van der Waals surface area contributed by atoms with Crippen LogP contribution in [0.4, 0.5) is 5.95 Å². The number of hydrogen-bond acceptors (Lipinski definition) is 5. The number of benzene rings is 1. The highest BCUT2D eigenvalue weighted by atomic mass is 35.5. The van der Waals surface area contributed by atoms with Crippen molar-refractivity contribution in [1.82, 2.24) is 9.55 Å². The van der Waals surface area contributed by atoms with E-state index in [9.17, 15) is 4.79 Å². The van der Waals surface area contributed by atoms with E-state index in [4.69, 9.17) is 20.8 Å². The molecule has 1 aromatic carbocycles. The van der Waals surface area contributed by atoms with Gasteiger partial charge < -0.3 is 14.5 Å². The molecule has 0 spiro atoms. The fourth-order valence-corrected chi connectivity index (χ4v) is 3.34. The number of carbonyl (C=O) groups is 1. The average Bonchev–Trinajstić information content (AvgIpc) is 3.21. The molecule has 1 atom stereocenters. The van der Waals surface area contributed by atoms with E-state index >= 15 is 0 Å². The number of hydrogen-bond donors (Lipinski definition) is 1. The number of carbonyl (C=O) groups excluding carboxylic acids is 1. The fourth-order valence-electron chi connectivity index (χ4n) is 3.17. The van der Waals surface area contributed by atoms with Gasteiger partial charge in [0.2, 0.25) is 5.95 Å². The lowest BCUT2D eigenvalue weighted by Crippen LogP contribution is -2.28. The maximum atomic E-state index is 12.6. The van der Waals surface area contributed by atoms with Gasteiger partial charge in [-0.05, 0) is 44.2 Å². The normalized spacial score (nSPS) is 16.7. The molecule has 128 valence electrons. The highest BCUT2D eigenvalue weighted by Crippen LogP contribution is 2.40. The number of nitrogens with zero attached hydrogens (tertiary/aromatic N) is 2. The first-order valence-electron chi connectivity index (χ1n) is 7.96. The van der Waals surface area contributed by atoms with Crippen LogP contribution in [-0.2, 0) is 9.53 Å². The number of anilines is 1. The molecule has 6 nitrogen and oxygen atoms in total. The lowest BCUT2D eigenvalue weighted by atomic mass is 10.0. The Morgan fingerprint density at radius 1 is 1.44 bits per heavy atom. The minimum absolute atomic E-state index is 0.295. The van der Waals surface area contributed by atoms with E-state index in [1.807, 2.05) is 29.7 Å². The van der Waals surface area contributed by atoms with Crippen molar-refractivity contribution in [1.29, 1.82) is 0 Å². The second kappa shape index (κ2) is 5.97. The number of imidazole rings is 1. The first kappa shape index (κ1) is 15.8. The molecule has 2 aromatic heterocycles. The summed E-state index contributed by atoms with van der Waals surface area (Å²) >= 11 is 6.18. The summed E-state index contributed by atoms with van der Waals surface area (Å²) in [6.45, 7) is 3.91. The SMILES string of the molecule is CCOC(=O)C1=C(C)Nc2nc3ccc(Cl)cc3n2C1c1ccco1. The first-order valence-corrected chi connectivity index (χ1v) is 8.33. The van der Waals surface area contributed by atoms with Crippen molar-refractivity contribution in [3.05, 3.63) is 58.6 Å². The molecule has 1 aliphatic heterocycles. The maximum Gasteiger partial charge on any atom is 0.338 e. The second-order valence-electron chi connectivity index (χ2n) is 5.74. The van der Waals surface area contributed by atoms with Crippen LogP contribution in [-0.4, -0.2) is 22.1 Å². The van der Waals surface area contributed by atoms with Crippen LogP contribution in [0.1, 0.15) is 25.6 Å². The van der Waals surface area contributed by atoms with Gasteiger partial charge >= 0.3 is 5.97 Å². The topological polar surface area (TPSA) is 69.3 Å². The molecule has 4 rings (SSSR count). The third-order valence-electron chi connectivity index (χ3n) is 4.19. The molecule has 1 N–H and O–H groups in total. The smallest absolute Gasteiger partial charge is 0.338 e. The molecule has 0 amide bonds. The van der Waals surface area contributed by atoms with Gasteiger partial charge in [-0.2, -0.15) is 0 Å². The number of aromatic nitrogens is 2. The van der Waals surface area contributed by atoms with E-state index in [2.05, 4.69) is 10.3 Å². The molecule has 1 unspecified atom stereocenters. The molecular formula is C18H16ClN3O3. The van der Waals surface area contributed by atoms with E-state index in [0.717, 1.165) is 11.0 Å². The van der Waals surface area contributed by atoms with Crippen LogP contribution in [0.5, 0.6) is 0 Å². The van der Waals surface area contributed by atoms with Crippen molar-refractivity contribution < 1.29 is 13.9 Å². The van der Waals surface area contributed by atoms with Crippen molar-refractivity contribution in [2.45, 2.75) is 19.9 Å². The summed E-state index contributed by atoms with van der Waals surface area (Å²) < 4.78 is 12.8. The second-order valence-corrected chi connectivity index (χ2v) is 6.18. The van der Waals surface area contributed by atoms with Crippen molar-refractivity contribution in [3.8, 4) is 0 Å². The summed E-state index contributed by atoms with van der Waals surface area (Å²) in [4.78, 5) is 17.2. The van der Waals surface area contributed by atoms with Crippen molar-refractivity contribution in [3.63, 3.8) is 0 Å². The average molecular weight is 358 g/mol. The molecular weight excluding hydrogens is 342 g/mol. The third-order valence-corrected chi connectivity index (χ3v) is 4.43. The first-order chi connectivity index (χ1) is 12.1. The molecule has 3 heterocycles. The van der Waals surface area contributed by atoms with Gasteiger partial charge in [0.25, 0.3) is 0 Å². The molecule has 0 fully saturated rings. The minimum Gasteiger partial charge on any atom is -0.467 e. The monoisotopic (exact) mass is 357 g/mol. The molecule has 1 aliphatic rings. The fraction of sp³-hybridized carbons (Fsp3) is 0.222.